The first-order valence-electron chi connectivity index (χ1n) is 7.46. The lowest BCUT2D eigenvalue weighted by Gasteiger charge is -2.50. The van der Waals surface area contributed by atoms with Gasteiger partial charge in [0, 0.05) is 31.0 Å². The van der Waals surface area contributed by atoms with E-state index < -0.39 is 0 Å². The molecule has 2 bridgehead atoms. The van der Waals surface area contributed by atoms with E-state index >= 15 is 0 Å². The zero-order valence-corrected chi connectivity index (χ0v) is 11.2. The fourth-order valence-electron chi connectivity index (χ4n) is 4.51. The van der Waals surface area contributed by atoms with Gasteiger partial charge >= 0.3 is 0 Å². The number of nitrogens with zero attached hydrogens (tertiary/aromatic N) is 1. The SMILES string of the molecule is CC1CCC(N2C3CCCC2CC(=O)C3)C1C. The van der Waals surface area contributed by atoms with Gasteiger partial charge in [-0.3, -0.25) is 9.69 Å². The van der Waals surface area contributed by atoms with E-state index in [0.29, 0.717) is 17.9 Å². The van der Waals surface area contributed by atoms with Crippen LogP contribution in [0.1, 0.15) is 58.8 Å². The lowest BCUT2D eigenvalue weighted by atomic mass is 9.81. The van der Waals surface area contributed by atoms with Crippen LogP contribution in [0, 0.1) is 11.8 Å². The fraction of sp³-hybridized carbons (Fsp3) is 0.933. The van der Waals surface area contributed by atoms with Crippen LogP contribution >= 0.6 is 0 Å². The second-order valence-electron chi connectivity index (χ2n) is 6.61. The number of Topliss-reactive ketones (excluding diaryl/α,β-unsaturated/α-hetero) is 1. The minimum absolute atomic E-state index is 0.523. The maximum Gasteiger partial charge on any atom is 0.136 e. The Morgan fingerprint density at radius 3 is 2.18 bits per heavy atom. The maximum atomic E-state index is 11.8. The number of hydrogen-bond acceptors (Lipinski definition) is 2. The van der Waals surface area contributed by atoms with Crippen molar-refractivity contribution in [3.8, 4) is 0 Å². The third-order valence-electron chi connectivity index (χ3n) is 5.65. The summed E-state index contributed by atoms with van der Waals surface area (Å²) in [5.74, 6) is 2.22. The molecule has 2 aliphatic heterocycles. The van der Waals surface area contributed by atoms with Crippen molar-refractivity contribution < 1.29 is 4.79 Å². The molecule has 1 aliphatic carbocycles. The van der Waals surface area contributed by atoms with E-state index in [2.05, 4.69) is 18.7 Å². The monoisotopic (exact) mass is 235 g/mol. The Kier molecular flexibility index (Phi) is 3.02. The Labute approximate surface area is 105 Å². The molecule has 0 aromatic carbocycles. The van der Waals surface area contributed by atoms with Gasteiger partial charge in [0.25, 0.3) is 0 Å². The molecule has 2 nitrogen and oxygen atoms in total. The molecule has 96 valence electrons. The van der Waals surface area contributed by atoms with E-state index in [1.807, 2.05) is 0 Å². The highest BCUT2D eigenvalue weighted by Gasteiger charge is 2.45. The van der Waals surface area contributed by atoms with Crippen LogP contribution in [0.25, 0.3) is 0 Å². The number of rotatable bonds is 1. The molecular weight excluding hydrogens is 210 g/mol. The summed E-state index contributed by atoms with van der Waals surface area (Å²) in [4.78, 5) is 14.5. The van der Waals surface area contributed by atoms with Crippen molar-refractivity contribution in [2.24, 2.45) is 11.8 Å². The Balaban J connectivity index is 1.80. The van der Waals surface area contributed by atoms with E-state index in [4.69, 9.17) is 0 Å². The van der Waals surface area contributed by atoms with Crippen molar-refractivity contribution in [2.45, 2.75) is 76.9 Å². The van der Waals surface area contributed by atoms with Gasteiger partial charge < -0.3 is 0 Å². The predicted molar refractivity (Wildman–Crippen MR) is 68.9 cm³/mol. The maximum absolute atomic E-state index is 11.8. The number of fused-ring (bicyclic) bond motifs is 2. The van der Waals surface area contributed by atoms with Crippen LogP contribution in [0.5, 0.6) is 0 Å². The summed E-state index contributed by atoms with van der Waals surface area (Å²) in [5.41, 5.74) is 0. The van der Waals surface area contributed by atoms with Gasteiger partial charge in [0.05, 0.1) is 0 Å². The number of ketones is 1. The number of hydrogen-bond donors (Lipinski definition) is 0. The van der Waals surface area contributed by atoms with Crippen molar-refractivity contribution in [2.75, 3.05) is 0 Å². The second-order valence-corrected chi connectivity index (χ2v) is 6.61. The quantitative estimate of drug-likeness (QED) is 0.696. The van der Waals surface area contributed by atoms with Crippen LogP contribution in [0.3, 0.4) is 0 Å². The third-order valence-corrected chi connectivity index (χ3v) is 5.65. The predicted octanol–water partition coefficient (Wildman–Crippen LogP) is 3.01. The summed E-state index contributed by atoms with van der Waals surface area (Å²) in [7, 11) is 0. The summed E-state index contributed by atoms with van der Waals surface area (Å²) in [6, 6.07) is 1.95. The van der Waals surface area contributed by atoms with Crippen LogP contribution in [-0.2, 0) is 4.79 Å². The molecule has 1 saturated carbocycles. The molecule has 3 aliphatic rings. The van der Waals surface area contributed by atoms with Gasteiger partial charge in [0.2, 0.25) is 0 Å². The lowest BCUT2D eigenvalue weighted by Crippen LogP contribution is -2.57. The Morgan fingerprint density at radius 2 is 1.65 bits per heavy atom. The normalized spacial score (nSPS) is 47.4. The molecule has 5 atom stereocenters. The molecule has 0 radical (unpaired) electrons. The Morgan fingerprint density at radius 1 is 1.00 bits per heavy atom. The smallest absolute Gasteiger partial charge is 0.136 e. The van der Waals surface area contributed by atoms with E-state index in [1.54, 1.807) is 0 Å². The highest BCUT2D eigenvalue weighted by atomic mass is 16.1. The molecule has 0 N–H and O–H groups in total. The minimum atomic E-state index is 0.523. The Bertz CT molecular complexity index is 298. The first-order chi connectivity index (χ1) is 8.16. The van der Waals surface area contributed by atoms with Gasteiger partial charge in [-0.25, -0.2) is 0 Å². The summed E-state index contributed by atoms with van der Waals surface area (Å²) >= 11 is 0. The van der Waals surface area contributed by atoms with Crippen molar-refractivity contribution >= 4 is 5.78 Å². The molecule has 3 rings (SSSR count). The standard InChI is InChI=1S/C15H25NO/c1-10-6-7-15(11(10)2)16-12-4-3-5-13(16)9-14(17)8-12/h10-13,15H,3-9H2,1-2H3. The molecule has 0 spiro atoms. The van der Waals surface area contributed by atoms with E-state index in [1.165, 1.54) is 32.1 Å². The van der Waals surface area contributed by atoms with Crippen molar-refractivity contribution in [3.63, 3.8) is 0 Å². The second kappa shape index (κ2) is 4.38. The number of carbonyl (C=O) groups is 1. The van der Waals surface area contributed by atoms with Crippen LogP contribution < -0.4 is 0 Å². The van der Waals surface area contributed by atoms with Crippen molar-refractivity contribution in [1.82, 2.24) is 4.90 Å². The molecule has 5 unspecified atom stereocenters. The third kappa shape index (κ3) is 1.95. The summed E-state index contributed by atoms with van der Waals surface area (Å²) in [6.07, 6.45) is 8.30. The van der Waals surface area contributed by atoms with Gasteiger partial charge in [-0.05, 0) is 37.5 Å². The molecule has 0 aromatic rings. The highest BCUT2D eigenvalue weighted by molar-refractivity contribution is 5.80. The van der Waals surface area contributed by atoms with Gasteiger partial charge in [-0.2, -0.15) is 0 Å². The molecule has 17 heavy (non-hydrogen) atoms. The molecule has 2 heterocycles. The Hall–Kier alpha value is -0.370. The summed E-state index contributed by atoms with van der Waals surface area (Å²) < 4.78 is 0. The highest BCUT2D eigenvalue weighted by Crippen LogP contribution is 2.42. The molecule has 0 aromatic heterocycles. The zero-order chi connectivity index (χ0) is 12.0. The van der Waals surface area contributed by atoms with Gasteiger partial charge in [0.15, 0.2) is 0 Å². The largest absolute Gasteiger partial charge is 0.300 e. The molecule has 2 saturated heterocycles. The zero-order valence-electron chi connectivity index (χ0n) is 11.2. The summed E-state index contributed by atoms with van der Waals surface area (Å²) in [6.45, 7) is 4.82. The van der Waals surface area contributed by atoms with Gasteiger partial charge in [0.1, 0.15) is 5.78 Å². The van der Waals surface area contributed by atoms with Crippen LogP contribution in [0.4, 0.5) is 0 Å². The molecule has 3 fully saturated rings. The van der Waals surface area contributed by atoms with Crippen LogP contribution in [-0.4, -0.2) is 28.8 Å². The average molecular weight is 235 g/mol. The average Bonchev–Trinajstić information content (AvgIpc) is 2.59. The number of piperidine rings is 2. The first-order valence-corrected chi connectivity index (χ1v) is 7.46. The number of carbonyl (C=O) groups excluding carboxylic acids is 1. The van der Waals surface area contributed by atoms with Crippen LogP contribution in [0.2, 0.25) is 0 Å². The molecule has 0 amide bonds. The van der Waals surface area contributed by atoms with Gasteiger partial charge in [-0.15, -0.1) is 0 Å². The topological polar surface area (TPSA) is 20.3 Å². The lowest BCUT2D eigenvalue weighted by molar-refractivity contribution is -0.129. The van der Waals surface area contributed by atoms with Crippen molar-refractivity contribution in [1.29, 1.82) is 0 Å². The minimum Gasteiger partial charge on any atom is -0.300 e. The fourth-order valence-corrected chi connectivity index (χ4v) is 4.51. The van der Waals surface area contributed by atoms with Crippen molar-refractivity contribution in [3.05, 3.63) is 0 Å². The van der Waals surface area contributed by atoms with E-state index in [9.17, 15) is 4.79 Å². The van der Waals surface area contributed by atoms with Gasteiger partial charge in [-0.1, -0.05) is 20.3 Å². The van der Waals surface area contributed by atoms with E-state index in [-0.39, 0.29) is 0 Å². The van der Waals surface area contributed by atoms with Crippen LogP contribution in [0.15, 0.2) is 0 Å². The molecule has 2 heteroatoms. The molecular formula is C15H25NO. The summed E-state index contributed by atoms with van der Waals surface area (Å²) in [5, 5.41) is 0. The first kappa shape index (κ1) is 11.7. The van der Waals surface area contributed by atoms with E-state index in [0.717, 1.165) is 30.7 Å².